The number of Topliss-reactive ketones (excluding diaryl/α,β-unsaturated/α-hetero) is 1. The number of ketones is 1. The third-order valence-corrected chi connectivity index (χ3v) is 2.67. The number of alkyl halides is 6. The van der Waals surface area contributed by atoms with E-state index in [4.69, 9.17) is 0 Å². The van der Waals surface area contributed by atoms with Gasteiger partial charge in [-0.1, -0.05) is 6.07 Å². The fourth-order valence-electron chi connectivity index (χ4n) is 1.75. The Kier molecular flexibility index (Phi) is 5.36. The Balaban J connectivity index is 0.00000288. The first-order valence-electron chi connectivity index (χ1n) is 5.69. The van der Waals surface area contributed by atoms with Crippen LogP contribution in [0.1, 0.15) is 16.1 Å². The average molecular weight is 397 g/mol. The van der Waals surface area contributed by atoms with Gasteiger partial charge in [0, 0.05) is 17.1 Å². The summed E-state index contributed by atoms with van der Waals surface area (Å²) in [4.78, 5) is 11.2. The number of halogens is 7. The quantitative estimate of drug-likeness (QED) is 0.480. The first kappa shape index (κ1) is 20.0. The molecule has 0 aliphatic heterocycles. The van der Waals surface area contributed by atoms with E-state index in [1.54, 1.807) is 0 Å². The van der Waals surface area contributed by atoms with Crippen LogP contribution in [0.5, 0.6) is 5.88 Å². The summed E-state index contributed by atoms with van der Waals surface area (Å²) in [5.41, 5.74) is -4.76. The van der Waals surface area contributed by atoms with Crippen molar-refractivity contribution in [1.29, 1.82) is 0 Å². The Labute approximate surface area is 139 Å². The molecule has 0 aliphatic rings. The van der Waals surface area contributed by atoms with Crippen molar-refractivity contribution in [2.24, 2.45) is 0 Å². The van der Waals surface area contributed by atoms with Gasteiger partial charge in [-0.25, -0.2) is 4.39 Å². The molecule has 1 heterocycles. The van der Waals surface area contributed by atoms with E-state index >= 15 is 0 Å². The summed E-state index contributed by atoms with van der Waals surface area (Å²) in [6, 6.07) is 3.55. The van der Waals surface area contributed by atoms with Crippen LogP contribution in [0.2, 0.25) is 0 Å². The van der Waals surface area contributed by atoms with E-state index in [2.05, 4.69) is 5.10 Å². The smallest absolute Gasteiger partial charge is 0.455 e. The summed E-state index contributed by atoms with van der Waals surface area (Å²) in [5.74, 6) is -5.54. The van der Waals surface area contributed by atoms with Crippen LogP contribution in [0.3, 0.4) is 0 Å². The van der Waals surface area contributed by atoms with Crippen molar-refractivity contribution in [3.05, 3.63) is 41.3 Å². The number of benzene rings is 1. The third-order valence-electron chi connectivity index (χ3n) is 2.67. The molecule has 2 rings (SSSR count). The van der Waals surface area contributed by atoms with E-state index in [1.807, 2.05) is 0 Å². The number of hydrogen-bond acceptors (Lipinski definition) is 3. The van der Waals surface area contributed by atoms with Gasteiger partial charge in [-0.05, 0) is 18.2 Å². The maximum Gasteiger partial charge on any atom is 0.455 e. The summed E-state index contributed by atoms with van der Waals surface area (Å²) in [6.45, 7) is 0. The monoisotopic (exact) mass is 397 g/mol. The normalized spacial score (nSPS) is 12.0. The molecule has 0 spiro atoms. The predicted octanol–water partition coefficient (Wildman–Crippen LogP) is 3.48. The molecule has 0 amide bonds. The Morgan fingerprint density at radius 3 is 2.17 bits per heavy atom. The van der Waals surface area contributed by atoms with Crippen molar-refractivity contribution >= 4 is 5.78 Å². The van der Waals surface area contributed by atoms with Crippen LogP contribution >= 0.6 is 0 Å². The number of rotatable bonds is 2. The molecule has 1 radical (unpaired) electrons. The van der Waals surface area contributed by atoms with Gasteiger partial charge in [0.2, 0.25) is 5.88 Å². The number of carbonyl (C=O) groups is 1. The number of nitrogens with zero attached hydrogens (tertiary/aromatic N) is 2. The van der Waals surface area contributed by atoms with Gasteiger partial charge in [-0.2, -0.15) is 36.1 Å². The van der Waals surface area contributed by atoms with Crippen molar-refractivity contribution in [3.8, 4) is 11.6 Å². The van der Waals surface area contributed by atoms with Crippen LogP contribution in [0.4, 0.5) is 30.7 Å². The second-order valence-corrected chi connectivity index (χ2v) is 4.26. The summed E-state index contributed by atoms with van der Waals surface area (Å²) in [6.07, 6.45) is -11.1. The van der Waals surface area contributed by atoms with E-state index in [1.165, 1.54) is 0 Å². The summed E-state index contributed by atoms with van der Waals surface area (Å²) in [5, 5.41) is 12.4. The van der Waals surface area contributed by atoms with E-state index < -0.39 is 46.8 Å². The molecule has 0 saturated carbocycles. The van der Waals surface area contributed by atoms with E-state index in [0.29, 0.717) is 6.07 Å². The molecule has 1 N–H and O–H groups in total. The second kappa shape index (κ2) is 6.44. The van der Waals surface area contributed by atoms with Crippen molar-refractivity contribution in [2.75, 3.05) is 0 Å². The van der Waals surface area contributed by atoms with Crippen LogP contribution in [0.25, 0.3) is 5.69 Å². The van der Waals surface area contributed by atoms with E-state index in [-0.39, 0.29) is 21.8 Å². The Morgan fingerprint density at radius 2 is 1.71 bits per heavy atom. The van der Waals surface area contributed by atoms with Gasteiger partial charge in [0.15, 0.2) is 5.69 Å². The molecule has 0 saturated heterocycles. The standard InChI is InChI=1S/C12H5F7N2O2.Mn/c13-5-2-1-3-6(4-5)21-10(23)7(9(22)12(17,18)19)8(20-21)11(14,15)16;/h1-4,23H;. The molecule has 0 bridgehead atoms. The van der Waals surface area contributed by atoms with Crippen molar-refractivity contribution in [3.63, 3.8) is 0 Å². The van der Waals surface area contributed by atoms with Crippen molar-refractivity contribution < 1.29 is 57.7 Å². The molecule has 0 fully saturated rings. The number of carbonyl (C=O) groups excluding carboxylic acids is 1. The molecule has 0 aliphatic carbocycles. The summed E-state index contributed by atoms with van der Waals surface area (Å²) in [7, 11) is 0. The minimum atomic E-state index is -5.66. The zero-order chi connectivity index (χ0) is 17.6. The fraction of sp³-hybridized carbons (Fsp3) is 0.167. The molecule has 12 heteroatoms. The summed E-state index contributed by atoms with van der Waals surface area (Å²) < 4.78 is 88.8. The van der Waals surface area contributed by atoms with Gasteiger partial charge in [0.25, 0.3) is 5.78 Å². The SMILES string of the molecule is O=C(c1c(C(F)(F)F)nn(-c2cccc(F)c2)c1O)C(F)(F)F.[Mn]. The number of aromatic nitrogens is 2. The molecular formula is C12H5F7MnN2O2. The van der Waals surface area contributed by atoms with E-state index in [0.717, 1.165) is 18.2 Å². The van der Waals surface area contributed by atoms with Crippen LogP contribution in [-0.4, -0.2) is 26.8 Å². The van der Waals surface area contributed by atoms with Gasteiger partial charge < -0.3 is 5.11 Å². The maximum atomic E-state index is 13.1. The molecule has 24 heavy (non-hydrogen) atoms. The first-order chi connectivity index (χ1) is 10.4. The Hall–Kier alpha value is -2.07. The zero-order valence-corrected chi connectivity index (χ0v) is 12.3. The Bertz CT molecular complexity index is 768. The topological polar surface area (TPSA) is 55.1 Å². The molecule has 0 atom stereocenters. The minimum Gasteiger partial charge on any atom is -0.493 e. The molecule has 1 aromatic carbocycles. The third kappa shape index (κ3) is 3.70. The number of aromatic hydroxyl groups is 1. The van der Waals surface area contributed by atoms with Gasteiger partial charge >= 0.3 is 12.4 Å². The molecule has 0 unspecified atom stereocenters. The molecule has 1 aromatic heterocycles. The summed E-state index contributed by atoms with van der Waals surface area (Å²) >= 11 is 0. The van der Waals surface area contributed by atoms with Gasteiger partial charge in [0.05, 0.1) is 5.69 Å². The zero-order valence-electron chi connectivity index (χ0n) is 11.1. The van der Waals surface area contributed by atoms with Crippen LogP contribution in [-0.2, 0) is 23.2 Å². The first-order valence-corrected chi connectivity index (χ1v) is 5.69. The number of hydrogen-bond donors (Lipinski definition) is 1. The van der Waals surface area contributed by atoms with Crippen LogP contribution in [0, 0.1) is 5.82 Å². The predicted molar refractivity (Wildman–Crippen MR) is 60.6 cm³/mol. The van der Waals surface area contributed by atoms with Crippen LogP contribution < -0.4 is 0 Å². The van der Waals surface area contributed by atoms with Crippen LogP contribution in [0.15, 0.2) is 24.3 Å². The second-order valence-electron chi connectivity index (χ2n) is 4.26. The molecular weight excluding hydrogens is 392 g/mol. The average Bonchev–Trinajstić information content (AvgIpc) is 2.74. The Morgan fingerprint density at radius 1 is 1.12 bits per heavy atom. The van der Waals surface area contributed by atoms with Gasteiger partial charge in [-0.15, -0.1) is 0 Å². The largest absolute Gasteiger partial charge is 0.493 e. The van der Waals surface area contributed by atoms with Gasteiger partial charge in [-0.3, -0.25) is 4.79 Å². The molecule has 2 aromatic rings. The minimum absolute atomic E-state index is 0. The maximum absolute atomic E-state index is 13.1. The molecule has 4 nitrogen and oxygen atoms in total. The van der Waals surface area contributed by atoms with Crippen molar-refractivity contribution in [1.82, 2.24) is 9.78 Å². The van der Waals surface area contributed by atoms with E-state index in [9.17, 15) is 40.6 Å². The van der Waals surface area contributed by atoms with Crippen molar-refractivity contribution in [2.45, 2.75) is 12.4 Å². The molecule has 131 valence electrons. The van der Waals surface area contributed by atoms with Gasteiger partial charge in [0.1, 0.15) is 11.4 Å². The fourth-order valence-corrected chi connectivity index (χ4v) is 1.75.